The average Bonchev–Trinajstić information content (AvgIpc) is 2.75. The van der Waals surface area contributed by atoms with Gasteiger partial charge < -0.3 is 15.3 Å². The van der Waals surface area contributed by atoms with Crippen LogP contribution < -0.4 is 5.32 Å². The van der Waals surface area contributed by atoms with Gasteiger partial charge in [-0.2, -0.15) is 0 Å². The van der Waals surface area contributed by atoms with Gasteiger partial charge in [-0.3, -0.25) is 4.79 Å². The molecule has 2 aliphatic rings. The van der Waals surface area contributed by atoms with Gasteiger partial charge in [-0.05, 0) is 30.6 Å². The van der Waals surface area contributed by atoms with Gasteiger partial charge in [0.15, 0.2) is 0 Å². The number of carbonyl (C=O) groups excluding carboxylic acids is 1. The van der Waals surface area contributed by atoms with E-state index in [2.05, 4.69) is 26.1 Å². The molecule has 1 atom stereocenters. The first-order valence-corrected chi connectivity index (χ1v) is 7.51. The van der Waals surface area contributed by atoms with Gasteiger partial charge in [0.2, 0.25) is 0 Å². The maximum Gasteiger partial charge on any atom is 0.317 e. The molecule has 5 heteroatoms. The predicted molar refractivity (Wildman–Crippen MR) is 76.5 cm³/mol. The number of rotatable bonds is 3. The molecule has 2 amide bonds. The molecule has 0 aromatic heterocycles. The van der Waals surface area contributed by atoms with Crippen LogP contribution in [0.1, 0.15) is 46.5 Å². The first-order chi connectivity index (χ1) is 9.24. The zero-order valence-corrected chi connectivity index (χ0v) is 12.7. The van der Waals surface area contributed by atoms with Crippen LogP contribution in [-0.4, -0.2) is 41.6 Å². The van der Waals surface area contributed by atoms with Crippen molar-refractivity contribution in [2.45, 2.75) is 46.5 Å². The Morgan fingerprint density at radius 3 is 2.40 bits per heavy atom. The van der Waals surface area contributed by atoms with E-state index in [1.165, 1.54) is 0 Å². The molecule has 0 aromatic rings. The van der Waals surface area contributed by atoms with E-state index in [1.807, 2.05) is 4.90 Å². The van der Waals surface area contributed by atoms with E-state index in [9.17, 15) is 14.7 Å². The molecule has 0 radical (unpaired) electrons. The van der Waals surface area contributed by atoms with Crippen LogP contribution in [0.5, 0.6) is 0 Å². The molecule has 0 spiro atoms. The van der Waals surface area contributed by atoms with Gasteiger partial charge in [0, 0.05) is 19.6 Å². The van der Waals surface area contributed by atoms with Gasteiger partial charge in [-0.15, -0.1) is 0 Å². The second-order valence-electron chi connectivity index (χ2n) is 7.40. The lowest BCUT2D eigenvalue weighted by Crippen LogP contribution is -2.50. The summed E-state index contributed by atoms with van der Waals surface area (Å²) in [5.74, 6) is -0.261. The second-order valence-corrected chi connectivity index (χ2v) is 7.40. The van der Waals surface area contributed by atoms with E-state index in [4.69, 9.17) is 0 Å². The molecule has 1 aliphatic heterocycles. The number of hydrogen-bond acceptors (Lipinski definition) is 2. The molecule has 2 fully saturated rings. The molecule has 20 heavy (non-hydrogen) atoms. The summed E-state index contributed by atoms with van der Waals surface area (Å²) in [5, 5.41) is 12.1. The van der Waals surface area contributed by atoms with Crippen LogP contribution in [0.4, 0.5) is 4.79 Å². The number of aliphatic carboxylic acids is 1. The average molecular weight is 282 g/mol. The molecule has 2 rings (SSSR count). The molecule has 2 N–H and O–H groups in total. The topological polar surface area (TPSA) is 69.6 Å². The Bertz CT molecular complexity index is 396. The van der Waals surface area contributed by atoms with Gasteiger partial charge in [-0.1, -0.05) is 27.2 Å². The smallest absolute Gasteiger partial charge is 0.317 e. The van der Waals surface area contributed by atoms with Crippen molar-refractivity contribution in [3.63, 3.8) is 0 Å². The Morgan fingerprint density at radius 2 is 2.00 bits per heavy atom. The zero-order chi connectivity index (χ0) is 15.0. The van der Waals surface area contributed by atoms with Crippen molar-refractivity contribution in [2.24, 2.45) is 16.7 Å². The molecule has 0 aromatic carbocycles. The number of carbonyl (C=O) groups is 2. The summed E-state index contributed by atoms with van der Waals surface area (Å²) in [4.78, 5) is 25.2. The van der Waals surface area contributed by atoms with Crippen molar-refractivity contribution in [1.82, 2.24) is 10.2 Å². The van der Waals surface area contributed by atoms with Crippen LogP contribution in [0.15, 0.2) is 0 Å². The van der Waals surface area contributed by atoms with E-state index >= 15 is 0 Å². The lowest BCUT2D eigenvalue weighted by atomic mass is 9.69. The first kappa shape index (κ1) is 15.1. The highest BCUT2D eigenvalue weighted by Crippen LogP contribution is 2.40. The van der Waals surface area contributed by atoms with Crippen molar-refractivity contribution in [3.8, 4) is 0 Å². The lowest BCUT2D eigenvalue weighted by molar-refractivity contribution is -0.153. The van der Waals surface area contributed by atoms with Crippen molar-refractivity contribution >= 4 is 12.0 Å². The van der Waals surface area contributed by atoms with E-state index in [0.717, 1.165) is 25.9 Å². The number of nitrogens with one attached hydrogen (secondary N) is 1. The Balaban J connectivity index is 1.83. The molecule has 1 saturated carbocycles. The van der Waals surface area contributed by atoms with E-state index in [-0.39, 0.29) is 18.0 Å². The summed E-state index contributed by atoms with van der Waals surface area (Å²) in [6.07, 6.45) is 3.32. The second kappa shape index (κ2) is 5.26. The summed E-state index contributed by atoms with van der Waals surface area (Å²) in [5.41, 5.74) is -0.496. The third kappa shape index (κ3) is 2.91. The minimum absolute atomic E-state index is 0.107. The Morgan fingerprint density at radius 1 is 1.35 bits per heavy atom. The third-order valence-corrected chi connectivity index (χ3v) is 5.04. The fraction of sp³-hybridized carbons (Fsp3) is 0.867. The number of carboxylic acids is 1. The number of hydrogen-bond donors (Lipinski definition) is 2. The van der Waals surface area contributed by atoms with Gasteiger partial charge in [0.05, 0.1) is 5.41 Å². The van der Waals surface area contributed by atoms with E-state index in [0.29, 0.717) is 18.8 Å². The van der Waals surface area contributed by atoms with Crippen LogP contribution in [0.3, 0.4) is 0 Å². The Hall–Kier alpha value is -1.26. The summed E-state index contributed by atoms with van der Waals surface area (Å²) in [6.45, 7) is 8.41. The Kier molecular flexibility index (Phi) is 3.98. The van der Waals surface area contributed by atoms with Crippen LogP contribution >= 0.6 is 0 Å². The fourth-order valence-corrected chi connectivity index (χ4v) is 3.08. The third-order valence-electron chi connectivity index (χ3n) is 5.04. The number of amides is 2. The highest BCUT2D eigenvalue weighted by molar-refractivity contribution is 5.79. The number of nitrogens with zero attached hydrogens (tertiary/aromatic N) is 1. The number of carboxylic acid groups (broad SMARTS) is 1. The Labute approximate surface area is 120 Å². The molecular weight excluding hydrogens is 256 g/mol. The SMILES string of the molecule is CC(C)(C)C1CCN(C(=O)NCC2(C(=O)O)CCC2)C1. The first-order valence-electron chi connectivity index (χ1n) is 7.51. The monoisotopic (exact) mass is 282 g/mol. The van der Waals surface area contributed by atoms with Crippen LogP contribution in [0.25, 0.3) is 0 Å². The standard InChI is InChI=1S/C15H26N2O3/c1-14(2,3)11-5-8-17(9-11)13(20)16-10-15(12(18)19)6-4-7-15/h11H,4-10H2,1-3H3,(H,16,20)(H,18,19). The quantitative estimate of drug-likeness (QED) is 0.834. The van der Waals surface area contributed by atoms with E-state index < -0.39 is 11.4 Å². The molecule has 114 valence electrons. The van der Waals surface area contributed by atoms with Crippen molar-refractivity contribution in [1.29, 1.82) is 0 Å². The largest absolute Gasteiger partial charge is 0.481 e. The van der Waals surface area contributed by atoms with Gasteiger partial charge in [0.1, 0.15) is 0 Å². The molecule has 5 nitrogen and oxygen atoms in total. The molecule has 0 bridgehead atoms. The van der Waals surface area contributed by atoms with Gasteiger partial charge in [0.25, 0.3) is 0 Å². The number of urea groups is 1. The molecule has 1 saturated heterocycles. The van der Waals surface area contributed by atoms with Gasteiger partial charge >= 0.3 is 12.0 Å². The molecule has 1 heterocycles. The van der Waals surface area contributed by atoms with Crippen LogP contribution in [0.2, 0.25) is 0 Å². The highest BCUT2D eigenvalue weighted by atomic mass is 16.4. The predicted octanol–water partition coefficient (Wildman–Crippen LogP) is 2.32. The fourth-order valence-electron chi connectivity index (χ4n) is 3.08. The summed E-state index contributed by atoms with van der Waals surface area (Å²) >= 11 is 0. The molecule has 1 unspecified atom stereocenters. The highest BCUT2D eigenvalue weighted by Gasteiger charge is 2.45. The van der Waals surface area contributed by atoms with Crippen LogP contribution in [0, 0.1) is 16.7 Å². The maximum absolute atomic E-state index is 12.1. The maximum atomic E-state index is 12.1. The summed E-state index contributed by atoms with van der Waals surface area (Å²) in [6, 6.07) is -0.107. The molecular formula is C15H26N2O3. The lowest BCUT2D eigenvalue weighted by Gasteiger charge is -2.38. The van der Waals surface area contributed by atoms with Crippen molar-refractivity contribution < 1.29 is 14.7 Å². The van der Waals surface area contributed by atoms with Crippen molar-refractivity contribution in [2.75, 3.05) is 19.6 Å². The van der Waals surface area contributed by atoms with Crippen molar-refractivity contribution in [3.05, 3.63) is 0 Å². The minimum Gasteiger partial charge on any atom is -0.481 e. The zero-order valence-electron chi connectivity index (χ0n) is 12.7. The summed E-state index contributed by atoms with van der Waals surface area (Å²) in [7, 11) is 0. The van der Waals surface area contributed by atoms with Crippen LogP contribution in [-0.2, 0) is 4.79 Å². The normalized spacial score (nSPS) is 25.1. The summed E-state index contributed by atoms with van der Waals surface area (Å²) < 4.78 is 0. The van der Waals surface area contributed by atoms with E-state index in [1.54, 1.807) is 0 Å². The number of likely N-dealkylation sites (tertiary alicyclic amines) is 1. The minimum atomic E-state index is -0.780. The van der Waals surface area contributed by atoms with Gasteiger partial charge in [-0.25, -0.2) is 4.79 Å². The molecule has 1 aliphatic carbocycles.